The number of Topliss-reactive ketones (excluding diaryl/α,β-unsaturated/α-hetero) is 1. The van der Waals surface area contributed by atoms with E-state index in [0.29, 0.717) is 12.4 Å². The first kappa shape index (κ1) is 13.0. The predicted octanol–water partition coefficient (Wildman–Crippen LogP) is 1.40. The van der Waals surface area contributed by atoms with Gasteiger partial charge in [-0.1, -0.05) is 12.1 Å². The lowest BCUT2D eigenvalue weighted by Gasteiger charge is -2.01. The third kappa shape index (κ3) is 4.20. The van der Waals surface area contributed by atoms with Gasteiger partial charge in [0, 0.05) is 29.2 Å². The monoisotopic (exact) mass is 244 g/mol. The van der Waals surface area contributed by atoms with Crippen LogP contribution in [0.5, 0.6) is 0 Å². The molecule has 0 saturated heterocycles. The van der Waals surface area contributed by atoms with Gasteiger partial charge in [0.05, 0.1) is 12.4 Å². The first-order valence-corrected chi connectivity index (χ1v) is 6.25. The lowest BCUT2D eigenvalue weighted by Crippen LogP contribution is -2.15. The minimum atomic E-state index is -1.25. The second-order valence-electron chi connectivity index (χ2n) is 3.21. The molecule has 0 aliphatic carbocycles. The summed E-state index contributed by atoms with van der Waals surface area (Å²) in [5.41, 5.74) is 0.255. The fourth-order valence-corrected chi connectivity index (χ4v) is 2.10. The number of halogens is 1. The van der Waals surface area contributed by atoms with Gasteiger partial charge < -0.3 is 4.74 Å². The summed E-state index contributed by atoms with van der Waals surface area (Å²) in [5, 5.41) is 0. The molecule has 0 radical (unpaired) electrons. The van der Waals surface area contributed by atoms with Crippen LogP contribution in [-0.2, 0) is 15.5 Å². The fourth-order valence-electron chi connectivity index (χ4n) is 1.14. The average Bonchev–Trinajstić information content (AvgIpc) is 2.26. The molecule has 0 amide bonds. The van der Waals surface area contributed by atoms with Crippen molar-refractivity contribution in [3.63, 3.8) is 0 Å². The van der Waals surface area contributed by atoms with Gasteiger partial charge in [-0.3, -0.25) is 9.00 Å². The number of methoxy groups -OCH3 is 1. The number of carbonyl (C=O) groups is 1. The standard InChI is InChI=1S/C11H13FO3S/c1-15-5-6-16(14)8-11(13)9-3-2-4-10(12)7-9/h2-4,7H,5-6,8H2,1H3. The first-order chi connectivity index (χ1) is 7.63. The van der Waals surface area contributed by atoms with Crippen molar-refractivity contribution >= 4 is 16.6 Å². The number of hydrogen-bond acceptors (Lipinski definition) is 3. The Morgan fingerprint density at radius 1 is 1.50 bits per heavy atom. The molecule has 5 heteroatoms. The molecule has 0 fully saturated rings. The summed E-state index contributed by atoms with van der Waals surface area (Å²) in [6.45, 7) is 0.350. The highest BCUT2D eigenvalue weighted by atomic mass is 32.2. The van der Waals surface area contributed by atoms with E-state index in [1.807, 2.05) is 0 Å². The maximum Gasteiger partial charge on any atom is 0.175 e. The van der Waals surface area contributed by atoms with E-state index in [2.05, 4.69) is 0 Å². The van der Waals surface area contributed by atoms with Crippen molar-refractivity contribution in [2.45, 2.75) is 0 Å². The van der Waals surface area contributed by atoms with E-state index >= 15 is 0 Å². The highest BCUT2D eigenvalue weighted by molar-refractivity contribution is 7.85. The van der Waals surface area contributed by atoms with Crippen molar-refractivity contribution in [2.75, 3.05) is 25.2 Å². The SMILES string of the molecule is COCCS(=O)CC(=O)c1cccc(F)c1. The summed E-state index contributed by atoms with van der Waals surface area (Å²) >= 11 is 0. The Morgan fingerprint density at radius 2 is 2.25 bits per heavy atom. The van der Waals surface area contributed by atoms with E-state index in [9.17, 15) is 13.4 Å². The van der Waals surface area contributed by atoms with Crippen molar-refractivity contribution in [1.82, 2.24) is 0 Å². The van der Waals surface area contributed by atoms with Crippen molar-refractivity contribution in [3.8, 4) is 0 Å². The molecular formula is C11H13FO3S. The van der Waals surface area contributed by atoms with Gasteiger partial charge >= 0.3 is 0 Å². The van der Waals surface area contributed by atoms with Crippen LogP contribution in [0.25, 0.3) is 0 Å². The summed E-state index contributed by atoms with van der Waals surface area (Å²) in [5.74, 6) is -0.549. The lowest BCUT2D eigenvalue weighted by molar-refractivity contribution is 0.102. The molecule has 1 rings (SSSR count). The minimum Gasteiger partial charge on any atom is -0.384 e. The van der Waals surface area contributed by atoms with Gasteiger partial charge in [-0.15, -0.1) is 0 Å². The maximum atomic E-state index is 12.8. The molecule has 88 valence electrons. The predicted molar refractivity (Wildman–Crippen MR) is 60.5 cm³/mol. The van der Waals surface area contributed by atoms with Gasteiger partial charge in [-0.25, -0.2) is 4.39 Å². The molecule has 3 nitrogen and oxygen atoms in total. The van der Waals surface area contributed by atoms with Gasteiger partial charge in [0.25, 0.3) is 0 Å². The van der Waals surface area contributed by atoms with Crippen LogP contribution in [0, 0.1) is 5.82 Å². The molecule has 16 heavy (non-hydrogen) atoms. The Labute approximate surface area is 96.1 Å². The largest absolute Gasteiger partial charge is 0.384 e. The van der Waals surface area contributed by atoms with Gasteiger partial charge in [0.2, 0.25) is 0 Å². The van der Waals surface area contributed by atoms with Gasteiger partial charge in [-0.05, 0) is 12.1 Å². The Morgan fingerprint density at radius 3 is 2.88 bits per heavy atom. The molecular weight excluding hydrogens is 231 g/mol. The van der Waals surface area contributed by atoms with Crippen molar-refractivity contribution in [1.29, 1.82) is 0 Å². The highest BCUT2D eigenvalue weighted by Gasteiger charge is 2.10. The Hall–Kier alpha value is -1.07. The van der Waals surface area contributed by atoms with E-state index in [0.717, 1.165) is 6.07 Å². The average molecular weight is 244 g/mol. The summed E-state index contributed by atoms with van der Waals surface area (Å²) < 4.78 is 29.0. The Balaban J connectivity index is 2.55. The second kappa shape index (κ2) is 6.50. The lowest BCUT2D eigenvalue weighted by atomic mass is 10.1. The van der Waals surface area contributed by atoms with Crippen LogP contribution in [0.15, 0.2) is 24.3 Å². The van der Waals surface area contributed by atoms with E-state index in [1.165, 1.54) is 25.3 Å². The minimum absolute atomic E-state index is 0.0905. The van der Waals surface area contributed by atoms with Crippen molar-refractivity contribution < 1.29 is 18.1 Å². The smallest absolute Gasteiger partial charge is 0.175 e. The van der Waals surface area contributed by atoms with Crippen molar-refractivity contribution in [3.05, 3.63) is 35.6 Å². The molecule has 1 aromatic rings. The topological polar surface area (TPSA) is 43.4 Å². The fraction of sp³-hybridized carbons (Fsp3) is 0.364. The van der Waals surface area contributed by atoms with Crippen LogP contribution in [0.2, 0.25) is 0 Å². The van der Waals surface area contributed by atoms with Crippen LogP contribution in [0.1, 0.15) is 10.4 Å². The van der Waals surface area contributed by atoms with E-state index in [4.69, 9.17) is 4.74 Å². The second-order valence-corrected chi connectivity index (χ2v) is 4.79. The Kier molecular flexibility index (Phi) is 5.28. The van der Waals surface area contributed by atoms with Crippen molar-refractivity contribution in [2.24, 2.45) is 0 Å². The quantitative estimate of drug-likeness (QED) is 0.710. The first-order valence-electron chi connectivity index (χ1n) is 4.76. The number of hydrogen-bond donors (Lipinski definition) is 0. The van der Waals surface area contributed by atoms with Crippen LogP contribution >= 0.6 is 0 Å². The molecule has 0 aliphatic heterocycles. The molecule has 0 spiro atoms. The molecule has 0 saturated carbocycles. The molecule has 1 unspecified atom stereocenters. The molecule has 0 N–H and O–H groups in total. The Bertz CT molecular complexity index is 393. The maximum absolute atomic E-state index is 12.8. The number of rotatable bonds is 6. The molecule has 0 aliphatic rings. The number of ketones is 1. The van der Waals surface area contributed by atoms with Crippen LogP contribution in [-0.4, -0.2) is 35.2 Å². The third-order valence-corrected chi connectivity index (χ3v) is 3.16. The summed E-state index contributed by atoms with van der Waals surface area (Å²) in [6, 6.07) is 5.38. The zero-order chi connectivity index (χ0) is 12.0. The summed E-state index contributed by atoms with van der Waals surface area (Å²) in [6.07, 6.45) is 0. The zero-order valence-corrected chi connectivity index (χ0v) is 9.76. The number of carbonyl (C=O) groups excluding carboxylic acids is 1. The van der Waals surface area contributed by atoms with E-state index < -0.39 is 16.6 Å². The van der Waals surface area contributed by atoms with Gasteiger partial charge in [0.1, 0.15) is 5.82 Å². The zero-order valence-electron chi connectivity index (χ0n) is 8.94. The number of benzene rings is 1. The number of ether oxygens (including phenoxy) is 1. The van der Waals surface area contributed by atoms with Crippen LogP contribution in [0.4, 0.5) is 4.39 Å². The molecule has 0 heterocycles. The van der Waals surface area contributed by atoms with Crippen LogP contribution < -0.4 is 0 Å². The van der Waals surface area contributed by atoms with E-state index in [1.54, 1.807) is 0 Å². The van der Waals surface area contributed by atoms with Gasteiger partial charge in [-0.2, -0.15) is 0 Å². The summed E-state index contributed by atoms with van der Waals surface area (Å²) in [4.78, 5) is 11.6. The molecule has 1 aromatic carbocycles. The summed E-state index contributed by atoms with van der Waals surface area (Å²) in [7, 11) is 0.251. The molecule has 0 aromatic heterocycles. The van der Waals surface area contributed by atoms with E-state index in [-0.39, 0.29) is 17.1 Å². The normalized spacial score (nSPS) is 12.4. The third-order valence-electron chi connectivity index (χ3n) is 1.95. The molecule has 1 atom stereocenters. The van der Waals surface area contributed by atoms with Gasteiger partial charge in [0.15, 0.2) is 5.78 Å². The van der Waals surface area contributed by atoms with Crippen LogP contribution in [0.3, 0.4) is 0 Å². The highest BCUT2D eigenvalue weighted by Crippen LogP contribution is 2.05. The molecule has 0 bridgehead atoms.